The molecule has 1 aromatic heterocycles. The average Bonchev–Trinajstić information content (AvgIpc) is 3.70. The Labute approximate surface area is 347 Å². The number of rotatable bonds is 23. The van der Waals surface area contributed by atoms with Crippen molar-refractivity contribution in [1.29, 1.82) is 0 Å². The van der Waals surface area contributed by atoms with Gasteiger partial charge in [-0.15, -0.1) is 11.3 Å². The van der Waals surface area contributed by atoms with Crippen molar-refractivity contribution in [3.63, 3.8) is 0 Å². The Bertz CT molecular complexity index is 1760. The van der Waals surface area contributed by atoms with Crippen LogP contribution in [0.2, 0.25) is 0 Å². The quantitative estimate of drug-likeness (QED) is 0.0914. The first kappa shape index (κ1) is 46.6. The lowest BCUT2D eigenvalue weighted by Gasteiger charge is -2.40. The van der Waals surface area contributed by atoms with E-state index in [0.29, 0.717) is 24.4 Å². The highest BCUT2D eigenvalue weighted by molar-refractivity contribution is 7.09. The summed E-state index contributed by atoms with van der Waals surface area (Å²) in [4.78, 5) is 63.2. The number of methoxy groups -OCH3 is 1. The van der Waals surface area contributed by atoms with E-state index in [1.165, 1.54) is 30.6 Å². The highest BCUT2D eigenvalue weighted by Crippen LogP contribution is 2.34. The fraction of sp³-hybridized carbons (Fsp3) is 0.578. The predicted molar refractivity (Wildman–Crippen MR) is 224 cm³/mol. The summed E-state index contributed by atoms with van der Waals surface area (Å²) >= 11 is 1.26. The van der Waals surface area contributed by atoms with Gasteiger partial charge in [0.2, 0.25) is 5.91 Å². The number of piperidine rings is 1. The van der Waals surface area contributed by atoms with Gasteiger partial charge in [0.1, 0.15) is 29.4 Å². The number of aliphatic carboxylic acids is 1. The maximum atomic E-state index is 15.1. The molecule has 7 atom stereocenters. The minimum Gasteiger partial charge on any atom is -0.481 e. The zero-order valence-electron chi connectivity index (χ0n) is 35.2. The molecule has 4 rings (SSSR count). The van der Waals surface area contributed by atoms with Crippen LogP contribution in [0, 0.1) is 29.5 Å². The number of benzene rings is 2. The first-order valence-electron chi connectivity index (χ1n) is 20.6. The van der Waals surface area contributed by atoms with E-state index in [4.69, 9.17) is 14.5 Å². The number of carboxylic acid groups (broad SMARTS) is 1. The number of likely N-dealkylation sites (N-methyl/N-ethyl adjacent to an activating group) is 1. The van der Waals surface area contributed by atoms with E-state index in [0.717, 1.165) is 43.4 Å². The van der Waals surface area contributed by atoms with Gasteiger partial charge in [0.25, 0.3) is 5.91 Å². The van der Waals surface area contributed by atoms with Gasteiger partial charge in [0, 0.05) is 49.9 Å². The van der Waals surface area contributed by atoms with Crippen molar-refractivity contribution in [2.24, 2.45) is 23.7 Å². The second-order valence-electron chi connectivity index (χ2n) is 16.3. The van der Waals surface area contributed by atoms with Crippen LogP contribution in [0.15, 0.2) is 60.0 Å². The summed E-state index contributed by atoms with van der Waals surface area (Å²) in [5.41, 5.74) is 1.88. The van der Waals surface area contributed by atoms with E-state index in [1.807, 2.05) is 42.3 Å². The number of carbonyl (C=O) groups excluding carboxylic acids is 3. The summed E-state index contributed by atoms with van der Waals surface area (Å²) in [6.45, 7) is 11.0. The van der Waals surface area contributed by atoms with Gasteiger partial charge in [-0.1, -0.05) is 89.9 Å². The van der Waals surface area contributed by atoms with Crippen LogP contribution in [0.1, 0.15) is 112 Å². The van der Waals surface area contributed by atoms with Gasteiger partial charge in [0.15, 0.2) is 5.78 Å². The summed E-state index contributed by atoms with van der Waals surface area (Å²) in [5.74, 6) is -3.06. The Morgan fingerprint density at radius 3 is 2.34 bits per heavy atom. The van der Waals surface area contributed by atoms with Gasteiger partial charge < -0.3 is 24.8 Å². The Morgan fingerprint density at radius 2 is 1.72 bits per heavy atom. The van der Waals surface area contributed by atoms with Crippen molar-refractivity contribution >= 4 is 34.9 Å². The number of thiazole rings is 1. The van der Waals surface area contributed by atoms with E-state index in [2.05, 4.69) is 37.9 Å². The van der Waals surface area contributed by atoms with Crippen LogP contribution in [0.4, 0.5) is 4.39 Å². The maximum absolute atomic E-state index is 15.1. The normalized spacial score (nSPS) is 17.8. The number of Topliss-reactive ketones (excluding diaryl/α,β-unsaturated/α-hetero) is 1. The molecule has 0 saturated carbocycles. The third-order valence-electron chi connectivity index (χ3n) is 11.5. The van der Waals surface area contributed by atoms with Crippen molar-refractivity contribution in [2.45, 2.75) is 117 Å². The van der Waals surface area contributed by atoms with Gasteiger partial charge in [-0.3, -0.25) is 24.1 Å². The van der Waals surface area contributed by atoms with Crippen LogP contribution in [0.25, 0.3) is 0 Å². The number of nitrogens with zero attached hydrogens (tertiary/aromatic N) is 3. The number of hydrogen-bond acceptors (Lipinski definition) is 9. The van der Waals surface area contributed by atoms with Crippen LogP contribution in [-0.4, -0.2) is 89.1 Å². The summed E-state index contributed by atoms with van der Waals surface area (Å²) in [6.07, 6.45) is 3.98. The van der Waals surface area contributed by atoms with Gasteiger partial charge in [-0.05, 0) is 74.4 Å². The Hall–Kier alpha value is -4.04. The van der Waals surface area contributed by atoms with Crippen molar-refractivity contribution in [1.82, 2.24) is 20.1 Å². The van der Waals surface area contributed by atoms with Gasteiger partial charge >= 0.3 is 5.97 Å². The number of amides is 2. The first-order valence-corrected chi connectivity index (χ1v) is 21.5. The van der Waals surface area contributed by atoms with Crippen LogP contribution in [0.5, 0.6) is 0 Å². The lowest BCUT2D eigenvalue weighted by Crippen LogP contribution is -2.49. The zero-order chi connectivity index (χ0) is 42.4. The van der Waals surface area contributed by atoms with Crippen LogP contribution in [-0.2, 0) is 36.8 Å². The number of aromatic nitrogens is 1. The van der Waals surface area contributed by atoms with Crippen molar-refractivity contribution in [3.8, 4) is 0 Å². The highest BCUT2D eigenvalue weighted by atomic mass is 32.1. The molecule has 0 aliphatic carbocycles. The molecule has 1 fully saturated rings. The molecular weight excluding hydrogens is 760 g/mol. The van der Waals surface area contributed by atoms with E-state index in [9.17, 15) is 23.9 Å². The van der Waals surface area contributed by atoms with Gasteiger partial charge in [-0.25, -0.2) is 9.37 Å². The topological polar surface area (TPSA) is 138 Å². The molecule has 2 amide bonds. The molecule has 2 heterocycles. The number of hydrogen-bond donors (Lipinski definition) is 2. The van der Waals surface area contributed by atoms with E-state index in [-0.39, 0.29) is 66.8 Å². The summed E-state index contributed by atoms with van der Waals surface area (Å²) in [7, 11) is 3.53. The number of ether oxygens (including phenoxy) is 2. The Kier molecular flexibility index (Phi) is 18.4. The highest BCUT2D eigenvalue weighted by Gasteiger charge is 2.39. The molecule has 13 heteroatoms. The number of carboxylic acids is 1. The fourth-order valence-corrected chi connectivity index (χ4v) is 8.66. The molecule has 58 heavy (non-hydrogen) atoms. The van der Waals surface area contributed by atoms with E-state index < -0.39 is 35.9 Å². The van der Waals surface area contributed by atoms with E-state index in [1.54, 1.807) is 24.4 Å². The summed E-state index contributed by atoms with van der Waals surface area (Å²) in [5, 5.41) is 14.8. The van der Waals surface area contributed by atoms with Gasteiger partial charge in [-0.2, -0.15) is 0 Å². The molecule has 0 bridgehead atoms. The number of likely N-dealkylation sites (tertiary alicyclic amines) is 1. The zero-order valence-corrected chi connectivity index (χ0v) is 36.0. The molecular formula is C45H63FN4O7S. The molecule has 318 valence electrons. The minimum atomic E-state index is -0.981. The number of ketones is 1. The monoisotopic (exact) mass is 822 g/mol. The van der Waals surface area contributed by atoms with Crippen LogP contribution in [0.3, 0.4) is 0 Å². The second-order valence-corrected chi connectivity index (χ2v) is 17.2. The Morgan fingerprint density at radius 1 is 1.02 bits per heavy atom. The summed E-state index contributed by atoms with van der Waals surface area (Å²) in [6, 6.07) is 14.7. The lowest BCUT2D eigenvalue weighted by atomic mass is 9.82. The van der Waals surface area contributed by atoms with Gasteiger partial charge in [0.05, 0.1) is 12.0 Å². The number of carbonyl (C=O) groups is 4. The lowest BCUT2D eigenvalue weighted by molar-refractivity contribution is -0.146. The molecule has 1 aliphatic heterocycles. The molecule has 0 unspecified atom stereocenters. The standard InChI is InChI=1S/C45H63FN4O7S/c1-8-30(4)36(24-40(51)38-16-12-13-21-49(38)6)44(53)50(26-33-14-10-9-11-15-33)39(29(2)3)25-41(57-28-56-7)43-48-37(27-58-43)42(52)47-35(22-31(5)45(54)55)23-32-17-19-34(46)20-18-32/h9-11,14-15,17-20,27,29-31,35-36,38-39,41H,8,12-13,16,21-26,28H2,1-7H3,(H,47,52)(H,54,55)/t30-,31-,35+,36-,38+,39+,41+/m0/s1. The fourth-order valence-electron chi connectivity index (χ4n) is 7.80. The van der Waals surface area contributed by atoms with Crippen molar-refractivity contribution < 1.29 is 38.1 Å². The van der Waals surface area contributed by atoms with E-state index >= 15 is 4.79 Å². The van der Waals surface area contributed by atoms with Crippen LogP contribution < -0.4 is 5.32 Å². The second kappa shape index (κ2) is 22.9. The molecule has 1 aliphatic rings. The number of nitrogens with one attached hydrogen (secondary N) is 1. The molecule has 0 spiro atoms. The van der Waals surface area contributed by atoms with Crippen molar-refractivity contribution in [2.75, 3.05) is 27.5 Å². The maximum Gasteiger partial charge on any atom is 0.306 e. The van der Waals surface area contributed by atoms with Crippen LogP contribution >= 0.6 is 11.3 Å². The first-order chi connectivity index (χ1) is 27.7. The smallest absolute Gasteiger partial charge is 0.306 e. The number of halogens is 1. The third-order valence-corrected chi connectivity index (χ3v) is 12.5. The summed E-state index contributed by atoms with van der Waals surface area (Å²) < 4.78 is 25.2. The average molecular weight is 823 g/mol. The molecule has 2 aromatic carbocycles. The molecule has 1 saturated heterocycles. The SMILES string of the molecule is CC[C@H](C)[C@H](CC(=O)[C@H]1CCCCN1C)C(=O)N(Cc1ccccc1)[C@H](C[C@@H](OCOC)c1nc(C(=O)N[C@@H](Cc2ccc(F)cc2)C[C@H](C)C(=O)O)cs1)C(C)C. The minimum absolute atomic E-state index is 0.0229. The predicted octanol–water partition coefficient (Wildman–Crippen LogP) is 7.95. The Balaban J connectivity index is 1.63. The molecule has 11 nitrogen and oxygen atoms in total. The largest absolute Gasteiger partial charge is 0.481 e. The molecule has 3 aromatic rings. The third kappa shape index (κ3) is 13.5. The van der Waals surface area contributed by atoms with Crippen molar-refractivity contribution in [3.05, 3.63) is 87.6 Å². The molecule has 0 radical (unpaired) electrons. The molecule has 2 N–H and O–H groups in total.